The fourth-order valence-corrected chi connectivity index (χ4v) is 2.08. The molecule has 1 heterocycles. The second-order valence-corrected chi connectivity index (χ2v) is 4.39. The summed E-state index contributed by atoms with van der Waals surface area (Å²) in [6.07, 6.45) is 0.472. The maximum atomic E-state index is 8.50. The van der Waals surface area contributed by atoms with E-state index in [1.807, 2.05) is 24.3 Å². The predicted octanol–water partition coefficient (Wildman–Crippen LogP) is 1.68. The van der Waals surface area contributed by atoms with E-state index in [0.29, 0.717) is 17.3 Å². The minimum Gasteiger partial charge on any atom is -0.497 e. The lowest BCUT2D eigenvalue weighted by molar-refractivity contribution is 0.414. The highest BCUT2D eigenvalue weighted by molar-refractivity contribution is 7.99. The molecule has 0 amide bonds. The van der Waals surface area contributed by atoms with Crippen molar-refractivity contribution in [1.29, 1.82) is 5.26 Å². The molecular formula is C11H11N5OS. The fraction of sp³-hybridized carbons (Fsp3) is 0.273. The summed E-state index contributed by atoms with van der Waals surface area (Å²) in [6.45, 7) is 0. The smallest absolute Gasteiger partial charge is 0.214 e. The van der Waals surface area contributed by atoms with Crippen molar-refractivity contribution in [2.45, 2.75) is 11.6 Å². The number of nitrogens with zero attached hydrogens (tertiary/aromatic N) is 5. The third-order valence-corrected chi connectivity index (χ3v) is 3.12. The van der Waals surface area contributed by atoms with Crippen molar-refractivity contribution >= 4 is 11.8 Å². The first kappa shape index (κ1) is 12.4. The summed E-state index contributed by atoms with van der Waals surface area (Å²) in [7, 11) is 1.62. The minimum atomic E-state index is 0.472. The van der Waals surface area contributed by atoms with Crippen molar-refractivity contribution in [3.8, 4) is 17.5 Å². The highest BCUT2D eigenvalue weighted by Crippen LogP contribution is 2.20. The number of methoxy groups -OCH3 is 1. The minimum absolute atomic E-state index is 0.472. The third kappa shape index (κ3) is 2.78. The van der Waals surface area contributed by atoms with Crippen molar-refractivity contribution < 1.29 is 4.74 Å². The van der Waals surface area contributed by atoms with Crippen LogP contribution in [0.15, 0.2) is 29.4 Å². The Kier molecular flexibility index (Phi) is 4.15. The van der Waals surface area contributed by atoms with Crippen LogP contribution in [0.25, 0.3) is 5.69 Å². The quantitative estimate of drug-likeness (QED) is 0.602. The van der Waals surface area contributed by atoms with E-state index >= 15 is 0 Å². The lowest BCUT2D eigenvalue weighted by Gasteiger charge is -2.04. The van der Waals surface area contributed by atoms with Gasteiger partial charge in [0.15, 0.2) is 0 Å². The van der Waals surface area contributed by atoms with E-state index in [2.05, 4.69) is 21.6 Å². The fourth-order valence-electron chi connectivity index (χ4n) is 1.34. The molecule has 7 heteroatoms. The Morgan fingerprint density at radius 3 is 2.83 bits per heavy atom. The predicted molar refractivity (Wildman–Crippen MR) is 66.7 cm³/mol. The lowest BCUT2D eigenvalue weighted by atomic mass is 10.3. The van der Waals surface area contributed by atoms with Crippen molar-refractivity contribution in [3.05, 3.63) is 24.3 Å². The molecular weight excluding hydrogens is 250 g/mol. The van der Waals surface area contributed by atoms with Crippen LogP contribution in [0.4, 0.5) is 0 Å². The van der Waals surface area contributed by atoms with Crippen LogP contribution in [0, 0.1) is 11.3 Å². The molecule has 0 aliphatic rings. The molecule has 2 aromatic rings. The molecule has 0 unspecified atom stereocenters. The molecule has 1 aromatic carbocycles. The van der Waals surface area contributed by atoms with Crippen molar-refractivity contribution in [3.63, 3.8) is 0 Å². The van der Waals surface area contributed by atoms with E-state index in [1.165, 1.54) is 11.8 Å². The van der Waals surface area contributed by atoms with Crippen LogP contribution in [-0.4, -0.2) is 33.1 Å². The Labute approximate surface area is 109 Å². The average molecular weight is 261 g/mol. The first-order valence-corrected chi connectivity index (χ1v) is 6.26. The zero-order chi connectivity index (χ0) is 12.8. The summed E-state index contributed by atoms with van der Waals surface area (Å²) in [5, 5.41) is 20.7. The van der Waals surface area contributed by atoms with Gasteiger partial charge in [0.25, 0.3) is 0 Å². The van der Waals surface area contributed by atoms with Gasteiger partial charge < -0.3 is 4.74 Å². The van der Waals surface area contributed by atoms with Crippen LogP contribution in [0.2, 0.25) is 0 Å². The number of nitriles is 1. The average Bonchev–Trinajstić information content (AvgIpc) is 2.88. The van der Waals surface area contributed by atoms with E-state index in [0.717, 1.165) is 11.4 Å². The van der Waals surface area contributed by atoms with Gasteiger partial charge in [-0.1, -0.05) is 11.8 Å². The molecule has 0 saturated carbocycles. The zero-order valence-electron chi connectivity index (χ0n) is 9.78. The van der Waals surface area contributed by atoms with Crippen LogP contribution < -0.4 is 4.74 Å². The molecule has 0 N–H and O–H groups in total. The molecule has 2 rings (SSSR count). The van der Waals surface area contributed by atoms with Crippen LogP contribution in [-0.2, 0) is 0 Å². The van der Waals surface area contributed by atoms with Gasteiger partial charge in [0.1, 0.15) is 5.75 Å². The Morgan fingerprint density at radius 1 is 1.39 bits per heavy atom. The van der Waals surface area contributed by atoms with Crippen LogP contribution in [0.5, 0.6) is 5.75 Å². The molecule has 0 aliphatic heterocycles. The van der Waals surface area contributed by atoms with Crippen LogP contribution >= 0.6 is 11.8 Å². The van der Waals surface area contributed by atoms with Gasteiger partial charge in [-0.2, -0.15) is 9.94 Å². The lowest BCUT2D eigenvalue weighted by Crippen LogP contribution is -1.99. The number of benzene rings is 1. The molecule has 0 atom stereocenters. The number of tetrazole rings is 1. The Balaban J connectivity index is 2.17. The van der Waals surface area contributed by atoms with Crippen molar-refractivity contribution in [2.24, 2.45) is 0 Å². The second kappa shape index (κ2) is 6.02. The Hall–Kier alpha value is -2.07. The molecule has 0 spiro atoms. The summed E-state index contributed by atoms with van der Waals surface area (Å²) < 4.78 is 6.73. The monoisotopic (exact) mass is 261 g/mol. The maximum absolute atomic E-state index is 8.50. The standard InChI is InChI=1S/C11H11N5OS/c1-17-10-5-3-9(4-6-10)16-11(13-14-15-16)18-8-2-7-12/h3-6H,2,8H2,1H3. The number of hydrogen-bond donors (Lipinski definition) is 0. The van der Waals surface area contributed by atoms with Gasteiger partial charge in [-0.3, -0.25) is 0 Å². The molecule has 18 heavy (non-hydrogen) atoms. The van der Waals surface area contributed by atoms with Gasteiger partial charge in [-0.05, 0) is 34.7 Å². The number of thioether (sulfide) groups is 1. The number of aromatic nitrogens is 4. The summed E-state index contributed by atoms with van der Waals surface area (Å²) in [5.74, 6) is 1.46. The van der Waals surface area contributed by atoms with Gasteiger partial charge in [0.2, 0.25) is 5.16 Å². The number of rotatable bonds is 5. The van der Waals surface area contributed by atoms with Crippen LogP contribution in [0.3, 0.4) is 0 Å². The van der Waals surface area contributed by atoms with Crippen LogP contribution in [0.1, 0.15) is 6.42 Å². The van der Waals surface area contributed by atoms with E-state index < -0.39 is 0 Å². The van der Waals surface area contributed by atoms with Gasteiger partial charge in [-0.15, -0.1) is 5.10 Å². The van der Waals surface area contributed by atoms with Crippen molar-refractivity contribution in [1.82, 2.24) is 20.2 Å². The zero-order valence-corrected chi connectivity index (χ0v) is 10.6. The normalized spacial score (nSPS) is 10.0. The van der Waals surface area contributed by atoms with Gasteiger partial charge in [0.05, 0.1) is 18.9 Å². The van der Waals surface area contributed by atoms with Crippen molar-refractivity contribution in [2.75, 3.05) is 12.9 Å². The summed E-state index contributed by atoms with van der Waals surface area (Å²) in [4.78, 5) is 0. The molecule has 0 radical (unpaired) electrons. The summed E-state index contributed by atoms with van der Waals surface area (Å²) in [6, 6.07) is 9.54. The van der Waals surface area contributed by atoms with Gasteiger partial charge in [0, 0.05) is 12.2 Å². The molecule has 0 aliphatic carbocycles. The molecule has 0 bridgehead atoms. The topological polar surface area (TPSA) is 76.6 Å². The summed E-state index contributed by atoms with van der Waals surface area (Å²) in [5.41, 5.74) is 0.861. The van der Waals surface area contributed by atoms with E-state index in [9.17, 15) is 0 Å². The molecule has 1 aromatic heterocycles. The highest BCUT2D eigenvalue weighted by atomic mass is 32.2. The van der Waals surface area contributed by atoms with Gasteiger partial charge in [-0.25, -0.2) is 0 Å². The van der Waals surface area contributed by atoms with Gasteiger partial charge >= 0.3 is 0 Å². The maximum Gasteiger partial charge on any atom is 0.214 e. The largest absolute Gasteiger partial charge is 0.497 e. The molecule has 92 valence electrons. The first-order chi connectivity index (χ1) is 8.85. The first-order valence-electron chi connectivity index (χ1n) is 5.27. The van der Waals surface area contributed by atoms with E-state index in [-0.39, 0.29) is 0 Å². The van der Waals surface area contributed by atoms with E-state index in [4.69, 9.17) is 10.00 Å². The number of hydrogen-bond acceptors (Lipinski definition) is 6. The van der Waals surface area contributed by atoms with E-state index in [1.54, 1.807) is 11.8 Å². The Morgan fingerprint density at radius 2 is 2.17 bits per heavy atom. The highest BCUT2D eigenvalue weighted by Gasteiger charge is 2.08. The molecule has 6 nitrogen and oxygen atoms in total. The molecule has 0 fully saturated rings. The SMILES string of the molecule is COc1ccc(-n2nnnc2SCCC#N)cc1. The third-order valence-electron chi connectivity index (χ3n) is 2.20. The number of ether oxygens (including phenoxy) is 1. The Bertz CT molecular complexity index is 545. The summed E-state index contributed by atoms with van der Waals surface area (Å²) >= 11 is 1.46. The molecule has 0 saturated heterocycles. The second-order valence-electron chi connectivity index (χ2n) is 3.33.